The van der Waals surface area contributed by atoms with E-state index in [-0.39, 0.29) is 0 Å². The van der Waals surface area contributed by atoms with Gasteiger partial charge in [-0.15, -0.1) is 0 Å². The van der Waals surface area contributed by atoms with Crippen LogP contribution in [0.2, 0.25) is 0 Å². The van der Waals surface area contributed by atoms with Gasteiger partial charge in [-0.3, -0.25) is 4.79 Å². The Labute approximate surface area is 98.6 Å². The van der Waals surface area contributed by atoms with Crippen LogP contribution in [0, 0.1) is 0 Å². The van der Waals surface area contributed by atoms with Gasteiger partial charge in [-0.25, -0.2) is 4.79 Å². The largest absolute Gasteiger partial charge is 0.463 e. The molecular weight excluding hydrogens is 218 g/mol. The first-order valence-corrected chi connectivity index (χ1v) is 5.40. The molecular formula is C13H13NO3. The Morgan fingerprint density at radius 2 is 2.12 bits per heavy atom. The summed E-state index contributed by atoms with van der Waals surface area (Å²) in [4.78, 5) is 25.9. The van der Waals surface area contributed by atoms with E-state index in [1.54, 1.807) is 6.20 Å². The first-order valence-electron chi connectivity index (χ1n) is 5.40. The minimum absolute atomic E-state index is 0.356. The van der Waals surface area contributed by atoms with E-state index in [1.165, 1.54) is 12.7 Å². The predicted octanol–water partition coefficient (Wildman–Crippen LogP) is 2.09. The summed E-state index contributed by atoms with van der Waals surface area (Å²) in [6.45, 7) is 2.06. The summed E-state index contributed by atoms with van der Waals surface area (Å²) < 4.78 is 4.43. The molecule has 0 unspecified atom stereocenters. The second-order valence-electron chi connectivity index (χ2n) is 3.76. The molecule has 0 radical (unpaired) electrons. The van der Waals surface area contributed by atoms with E-state index in [4.69, 9.17) is 0 Å². The fraction of sp³-hybridized carbons (Fsp3) is 0.231. The summed E-state index contributed by atoms with van der Waals surface area (Å²) in [6, 6.07) is 5.77. The van der Waals surface area contributed by atoms with Gasteiger partial charge in [-0.2, -0.15) is 0 Å². The molecule has 1 N–H and O–H groups in total. The van der Waals surface area contributed by atoms with Crippen molar-refractivity contribution in [2.45, 2.75) is 13.3 Å². The number of ether oxygens (including phenoxy) is 1. The van der Waals surface area contributed by atoms with Crippen LogP contribution in [0.25, 0.3) is 10.9 Å². The van der Waals surface area contributed by atoms with E-state index in [0.717, 1.165) is 17.3 Å². The molecule has 2 aromatic rings. The Balaban J connectivity index is 2.50. The Morgan fingerprint density at radius 3 is 2.76 bits per heavy atom. The smallest absolute Gasteiger partial charge is 0.379 e. The lowest BCUT2D eigenvalue weighted by molar-refractivity contribution is -0.135. The van der Waals surface area contributed by atoms with Gasteiger partial charge in [-0.1, -0.05) is 19.1 Å². The van der Waals surface area contributed by atoms with Crippen LogP contribution in [0.4, 0.5) is 0 Å². The number of methoxy groups -OCH3 is 1. The molecule has 1 heterocycles. The molecule has 88 valence electrons. The second-order valence-corrected chi connectivity index (χ2v) is 3.76. The standard InChI is InChI=1S/C13H13NO3/c1-3-8-4-5-9-10(7-14-11(9)6-8)12(15)13(16)17-2/h4-7,14H,3H2,1-2H3. The molecule has 0 atom stereocenters. The minimum Gasteiger partial charge on any atom is -0.463 e. The number of fused-ring (bicyclic) bond motifs is 1. The van der Waals surface area contributed by atoms with Gasteiger partial charge in [0.2, 0.25) is 0 Å². The lowest BCUT2D eigenvalue weighted by atomic mass is 10.1. The van der Waals surface area contributed by atoms with E-state index < -0.39 is 11.8 Å². The van der Waals surface area contributed by atoms with Crippen LogP contribution in [-0.4, -0.2) is 23.8 Å². The Morgan fingerprint density at radius 1 is 1.35 bits per heavy atom. The van der Waals surface area contributed by atoms with Crippen molar-refractivity contribution >= 4 is 22.7 Å². The SMILES string of the molecule is CCc1ccc2c(C(=O)C(=O)OC)c[nH]c2c1. The van der Waals surface area contributed by atoms with Gasteiger partial charge in [0.1, 0.15) is 0 Å². The number of Topliss-reactive ketones (excluding diaryl/α,β-unsaturated/α-hetero) is 1. The summed E-state index contributed by atoms with van der Waals surface area (Å²) in [5, 5.41) is 0.748. The number of carbonyl (C=O) groups excluding carboxylic acids is 2. The average molecular weight is 231 g/mol. The number of aromatic nitrogens is 1. The van der Waals surface area contributed by atoms with E-state index in [0.29, 0.717) is 5.56 Å². The summed E-state index contributed by atoms with van der Waals surface area (Å²) in [5.41, 5.74) is 2.39. The van der Waals surface area contributed by atoms with Crippen LogP contribution in [-0.2, 0) is 16.0 Å². The molecule has 0 bridgehead atoms. The van der Waals surface area contributed by atoms with Gasteiger partial charge in [0.05, 0.1) is 12.7 Å². The van der Waals surface area contributed by atoms with E-state index in [2.05, 4.69) is 16.6 Å². The van der Waals surface area contributed by atoms with Crippen LogP contribution < -0.4 is 0 Å². The molecule has 0 aliphatic rings. The Kier molecular flexibility index (Phi) is 2.95. The number of aryl methyl sites for hydroxylation is 1. The summed E-state index contributed by atoms with van der Waals surface area (Å²) in [5.74, 6) is -1.46. The first-order chi connectivity index (χ1) is 8.17. The Hall–Kier alpha value is -2.10. The van der Waals surface area contributed by atoms with Crippen molar-refractivity contribution in [1.29, 1.82) is 0 Å². The van der Waals surface area contributed by atoms with Crippen LogP contribution in [0.15, 0.2) is 24.4 Å². The molecule has 1 aromatic heterocycles. The number of esters is 1. The van der Waals surface area contributed by atoms with Crippen molar-refractivity contribution in [3.8, 4) is 0 Å². The number of ketones is 1. The van der Waals surface area contributed by atoms with Crippen LogP contribution in [0.1, 0.15) is 22.8 Å². The highest BCUT2D eigenvalue weighted by Gasteiger charge is 2.20. The third-order valence-corrected chi connectivity index (χ3v) is 2.77. The molecule has 0 saturated heterocycles. The van der Waals surface area contributed by atoms with Crippen molar-refractivity contribution < 1.29 is 14.3 Å². The van der Waals surface area contributed by atoms with Crippen LogP contribution >= 0.6 is 0 Å². The molecule has 0 aliphatic heterocycles. The van der Waals surface area contributed by atoms with Gasteiger partial charge in [0.25, 0.3) is 5.78 Å². The van der Waals surface area contributed by atoms with Gasteiger partial charge in [0.15, 0.2) is 0 Å². The Bertz CT molecular complexity index is 583. The fourth-order valence-corrected chi connectivity index (χ4v) is 1.78. The number of benzene rings is 1. The monoisotopic (exact) mass is 231 g/mol. The molecule has 4 heteroatoms. The predicted molar refractivity (Wildman–Crippen MR) is 64.0 cm³/mol. The van der Waals surface area contributed by atoms with E-state index in [9.17, 15) is 9.59 Å². The van der Waals surface area contributed by atoms with Crippen molar-refractivity contribution in [3.05, 3.63) is 35.5 Å². The maximum atomic E-state index is 11.7. The van der Waals surface area contributed by atoms with Gasteiger partial charge in [0, 0.05) is 17.1 Å². The topological polar surface area (TPSA) is 59.2 Å². The third kappa shape index (κ3) is 1.93. The normalized spacial score (nSPS) is 10.5. The highest BCUT2D eigenvalue weighted by atomic mass is 16.5. The van der Waals surface area contributed by atoms with Gasteiger partial charge < -0.3 is 9.72 Å². The highest BCUT2D eigenvalue weighted by Crippen LogP contribution is 2.20. The lowest BCUT2D eigenvalue weighted by Gasteiger charge is -1.99. The lowest BCUT2D eigenvalue weighted by Crippen LogP contribution is -2.15. The van der Waals surface area contributed by atoms with Gasteiger partial charge >= 0.3 is 5.97 Å². The number of hydrogen-bond acceptors (Lipinski definition) is 3. The molecule has 0 fully saturated rings. The molecule has 17 heavy (non-hydrogen) atoms. The van der Waals surface area contributed by atoms with E-state index in [1.807, 2.05) is 18.2 Å². The fourth-order valence-electron chi connectivity index (χ4n) is 1.78. The first kappa shape index (κ1) is 11.4. The molecule has 0 spiro atoms. The summed E-state index contributed by atoms with van der Waals surface area (Å²) >= 11 is 0. The summed E-state index contributed by atoms with van der Waals surface area (Å²) in [6.07, 6.45) is 2.47. The van der Waals surface area contributed by atoms with Crippen molar-refractivity contribution in [2.24, 2.45) is 0 Å². The van der Waals surface area contributed by atoms with E-state index >= 15 is 0 Å². The van der Waals surface area contributed by atoms with Gasteiger partial charge in [-0.05, 0) is 18.1 Å². The molecule has 0 amide bonds. The highest BCUT2D eigenvalue weighted by molar-refractivity contribution is 6.42. The van der Waals surface area contributed by atoms with Crippen molar-refractivity contribution in [2.75, 3.05) is 7.11 Å². The van der Waals surface area contributed by atoms with Crippen molar-refractivity contribution in [1.82, 2.24) is 4.98 Å². The number of carbonyl (C=O) groups is 2. The minimum atomic E-state index is -0.842. The molecule has 0 aliphatic carbocycles. The molecule has 4 nitrogen and oxygen atoms in total. The number of hydrogen-bond donors (Lipinski definition) is 1. The zero-order chi connectivity index (χ0) is 12.4. The molecule has 1 aromatic carbocycles. The third-order valence-electron chi connectivity index (χ3n) is 2.77. The molecule has 0 saturated carbocycles. The maximum absolute atomic E-state index is 11.7. The number of aromatic amines is 1. The number of rotatable bonds is 3. The number of nitrogens with one attached hydrogen (secondary N) is 1. The summed E-state index contributed by atoms with van der Waals surface area (Å²) in [7, 11) is 1.20. The zero-order valence-corrected chi connectivity index (χ0v) is 9.74. The second kappa shape index (κ2) is 4.41. The van der Waals surface area contributed by atoms with Crippen molar-refractivity contribution in [3.63, 3.8) is 0 Å². The zero-order valence-electron chi connectivity index (χ0n) is 9.74. The number of H-pyrrole nitrogens is 1. The van der Waals surface area contributed by atoms with Crippen LogP contribution in [0.3, 0.4) is 0 Å². The maximum Gasteiger partial charge on any atom is 0.379 e. The van der Waals surface area contributed by atoms with Crippen LogP contribution in [0.5, 0.6) is 0 Å². The quantitative estimate of drug-likeness (QED) is 0.500. The molecule has 2 rings (SSSR count). The average Bonchev–Trinajstić information content (AvgIpc) is 2.79.